The van der Waals surface area contributed by atoms with Crippen LogP contribution < -0.4 is 20.7 Å². The maximum atomic E-state index is 13.4. The third-order valence-corrected chi connectivity index (χ3v) is 3.56. The van der Waals surface area contributed by atoms with E-state index < -0.39 is 42.3 Å². The number of imide groups is 1. The van der Waals surface area contributed by atoms with E-state index in [4.69, 9.17) is 9.47 Å². The highest BCUT2D eigenvalue weighted by molar-refractivity contribution is 6.02. The van der Waals surface area contributed by atoms with Crippen LogP contribution >= 0.6 is 0 Å². The van der Waals surface area contributed by atoms with Crippen LogP contribution in [0.1, 0.15) is 6.92 Å². The van der Waals surface area contributed by atoms with Crippen LogP contribution in [-0.2, 0) is 19.1 Å². The Morgan fingerprint density at radius 3 is 2.30 bits per heavy atom. The lowest BCUT2D eigenvalue weighted by atomic mass is 10.3. The number of benzene rings is 2. The van der Waals surface area contributed by atoms with Crippen molar-refractivity contribution >= 4 is 29.5 Å². The van der Waals surface area contributed by atoms with Gasteiger partial charge in [0.2, 0.25) is 0 Å². The molecule has 3 N–H and O–H groups in total. The van der Waals surface area contributed by atoms with Gasteiger partial charge in [0.25, 0.3) is 11.8 Å². The fraction of sp³-hybridized carbons (Fsp3) is 0.200. The number of urea groups is 1. The molecule has 0 saturated carbocycles. The molecule has 0 aliphatic rings. The molecule has 158 valence electrons. The van der Waals surface area contributed by atoms with Crippen molar-refractivity contribution in [2.24, 2.45) is 0 Å². The zero-order valence-electron chi connectivity index (χ0n) is 16.0. The van der Waals surface area contributed by atoms with Gasteiger partial charge >= 0.3 is 12.0 Å². The third kappa shape index (κ3) is 7.58. The molecular formula is C20H20FN3O6. The molecule has 0 fully saturated rings. The maximum Gasteiger partial charge on any atom is 0.328 e. The highest BCUT2D eigenvalue weighted by Gasteiger charge is 2.19. The number of hydrogen-bond donors (Lipinski definition) is 3. The summed E-state index contributed by atoms with van der Waals surface area (Å²) in [6.07, 6.45) is 0. The summed E-state index contributed by atoms with van der Waals surface area (Å²) < 4.78 is 23.4. The summed E-state index contributed by atoms with van der Waals surface area (Å²) in [6, 6.07) is 12.0. The average Bonchev–Trinajstić information content (AvgIpc) is 2.72. The SMILES string of the molecule is C[C@H](NC(=O)COc1ccccc1)C(=O)OCC(=O)NC(=O)Nc1ccccc1F. The number of carbonyl (C=O) groups is 4. The Balaban J connectivity index is 1.68. The molecule has 4 amide bonds. The molecule has 2 rings (SSSR count). The molecule has 0 aromatic heterocycles. The molecule has 2 aromatic carbocycles. The largest absolute Gasteiger partial charge is 0.484 e. The molecule has 0 aliphatic carbocycles. The standard InChI is InChI=1S/C20H20FN3O6/c1-13(22-17(25)11-29-14-7-3-2-4-8-14)19(27)30-12-18(26)24-20(28)23-16-10-6-5-9-15(16)21/h2-10,13H,11-12H2,1H3,(H,22,25)(H2,23,24,26,28)/t13-/m0/s1. The van der Waals surface area contributed by atoms with Crippen molar-refractivity contribution in [1.29, 1.82) is 0 Å². The Hall–Kier alpha value is -3.95. The van der Waals surface area contributed by atoms with E-state index in [1.165, 1.54) is 25.1 Å². The lowest BCUT2D eigenvalue weighted by molar-refractivity contribution is -0.151. The summed E-state index contributed by atoms with van der Waals surface area (Å²) in [4.78, 5) is 47.0. The fourth-order valence-corrected chi connectivity index (χ4v) is 2.15. The number of para-hydroxylation sites is 2. The molecule has 0 aliphatic heterocycles. The van der Waals surface area contributed by atoms with Crippen molar-refractivity contribution in [2.75, 3.05) is 18.5 Å². The molecule has 30 heavy (non-hydrogen) atoms. The molecule has 10 heteroatoms. The van der Waals surface area contributed by atoms with Gasteiger partial charge in [0, 0.05) is 0 Å². The maximum absolute atomic E-state index is 13.4. The van der Waals surface area contributed by atoms with Gasteiger partial charge in [-0.15, -0.1) is 0 Å². The number of rotatable bonds is 8. The second kappa shape index (κ2) is 11.1. The summed E-state index contributed by atoms with van der Waals surface area (Å²) in [7, 11) is 0. The molecule has 2 aromatic rings. The van der Waals surface area contributed by atoms with E-state index >= 15 is 0 Å². The third-order valence-electron chi connectivity index (χ3n) is 3.56. The van der Waals surface area contributed by atoms with E-state index in [2.05, 4.69) is 10.6 Å². The summed E-state index contributed by atoms with van der Waals surface area (Å²) >= 11 is 0. The van der Waals surface area contributed by atoms with Crippen LogP contribution in [0.5, 0.6) is 5.75 Å². The molecule has 9 nitrogen and oxygen atoms in total. The molecule has 0 bridgehead atoms. The summed E-state index contributed by atoms with van der Waals surface area (Å²) in [6.45, 7) is 0.300. The zero-order valence-corrected chi connectivity index (χ0v) is 16.0. The monoisotopic (exact) mass is 417 g/mol. The quantitative estimate of drug-likeness (QED) is 0.561. The first-order chi connectivity index (χ1) is 14.3. The van der Waals surface area contributed by atoms with Gasteiger partial charge in [-0.3, -0.25) is 14.9 Å². The van der Waals surface area contributed by atoms with Crippen molar-refractivity contribution < 1.29 is 33.0 Å². The van der Waals surface area contributed by atoms with Crippen LogP contribution in [0.3, 0.4) is 0 Å². The van der Waals surface area contributed by atoms with Crippen LogP contribution in [0, 0.1) is 5.82 Å². The van der Waals surface area contributed by atoms with Crippen LogP contribution in [0.4, 0.5) is 14.9 Å². The number of halogens is 1. The topological polar surface area (TPSA) is 123 Å². The number of anilines is 1. The van der Waals surface area contributed by atoms with E-state index in [0.29, 0.717) is 5.75 Å². The van der Waals surface area contributed by atoms with Gasteiger partial charge in [0.05, 0.1) is 5.69 Å². The van der Waals surface area contributed by atoms with E-state index in [1.807, 2.05) is 5.32 Å². The second-order valence-corrected chi connectivity index (χ2v) is 5.98. The minimum Gasteiger partial charge on any atom is -0.484 e. The van der Waals surface area contributed by atoms with Crippen molar-refractivity contribution in [3.63, 3.8) is 0 Å². The Bertz CT molecular complexity index is 906. The van der Waals surface area contributed by atoms with Crippen LogP contribution in [0.2, 0.25) is 0 Å². The van der Waals surface area contributed by atoms with Gasteiger partial charge in [0.1, 0.15) is 17.6 Å². The second-order valence-electron chi connectivity index (χ2n) is 5.98. The van der Waals surface area contributed by atoms with Crippen molar-refractivity contribution in [2.45, 2.75) is 13.0 Å². The minimum absolute atomic E-state index is 0.117. The van der Waals surface area contributed by atoms with Gasteiger partial charge in [-0.1, -0.05) is 30.3 Å². The van der Waals surface area contributed by atoms with Crippen molar-refractivity contribution in [3.05, 3.63) is 60.4 Å². The summed E-state index contributed by atoms with van der Waals surface area (Å²) in [5.74, 6) is -2.55. The Kier molecular flexibility index (Phi) is 8.30. The highest BCUT2D eigenvalue weighted by Crippen LogP contribution is 2.11. The molecule has 0 unspecified atom stereocenters. The average molecular weight is 417 g/mol. The number of ether oxygens (including phenoxy) is 2. The van der Waals surface area contributed by atoms with Crippen LogP contribution in [0.15, 0.2) is 54.6 Å². The zero-order chi connectivity index (χ0) is 21.9. The van der Waals surface area contributed by atoms with Gasteiger partial charge < -0.3 is 20.1 Å². The van der Waals surface area contributed by atoms with Crippen LogP contribution in [-0.4, -0.2) is 43.1 Å². The van der Waals surface area contributed by atoms with E-state index in [1.54, 1.807) is 30.3 Å². The Morgan fingerprint density at radius 1 is 0.933 bits per heavy atom. The minimum atomic E-state index is -1.04. The number of esters is 1. The number of carbonyl (C=O) groups excluding carboxylic acids is 4. The van der Waals surface area contributed by atoms with E-state index in [9.17, 15) is 23.6 Å². The predicted octanol–water partition coefficient (Wildman–Crippen LogP) is 1.60. The number of amides is 4. The first kappa shape index (κ1) is 22.3. The van der Waals surface area contributed by atoms with Gasteiger partial charge in [0.15, 0.2) is 13.2 Å². The van der Waals surface area contributed by atoms with Gasteiger partial charge in [-0.05, 0) is 31.2 Å². The highest BCUT2D eigenvalue weighted by atomic mass is 19.1. The Labute approximate surface area is 171 Å². The molecule has 1 atom stereocenters. The van der Waals surface area contributed by atoms with E-state index in [0.717, 1.165) is 6.07 Å². The first-order valence-electron chi connectivity index (χ1n) is 8.84. The molecule has 0 radical (unpaired) electrons. The summed E-state index contributed by atoms with van der Waals surface area (Å²) in [5.41, 5.74) is -0.117. The first-order valence-corrected chi connectivity index (χ1v) is 8.84. The lowest BCUT2D eigenvalue weighted by Crippen LogP contribution is -2.43. The van der Waals surface area contributed by atoms with Gasteiger partial charge in [-0.25, -0.2) is 14.0 Å². The lowest BCUT2D eigenvalue weighted by Gasteiger charge is -2.14. The fourth-order valence-electron chi connectivity index (χ4n) is 2.15. The predicted molar refractivity (Wildman–Crippen MR) is 104 cm³/mol. The molecule has 0 heterocycles. The number of hydrogen-bond acceptors (Lipinski definition) is 6. The number of nitrogens with one attached hydrogen (secondary N) is 3. The molecule has 0 saturated heterocycles. The molecule has 0 spiro atoms. The Morgan fingerprint density at radius 2 is 1.60 bits per heavy atom. The van der Waals surface area contributed by atoms with Crippen LogP contribution in [0.25, 0.3) is 0 Å². The van der Waals surface area contributed by atoms with E-state index in [-0.39, 0.29) is 12.3 Å². The summed E-state index contributed by atoms with van der Waals surface area (Å²) in [5, 5.41) is 6.40. The van der Waals surface area contributed by atoms with Gasteiger partial charge in [-0.2, -0.15) is 0 Å². The van der Waals surface area contributed by atoms with Crippen molar-refractivity contribution in [1.82, 2.24) is 10.6 Å². The normalized spacial score (nSPS) is 11.0. The van der Waals surface area contributed by atoms with Crippen molar-refractivity contribution in [3.8, 4) is 5.75 Å². The molecular weight excluding hydrogens is 397 g/mol. The smallest absolute Gasteiger partial charge is 0.328 e.